The van der Waals surface area contributed by atoms with Crippen molar-refractivity contribution in [3.8, 4) is 11.3 Å². The molecule has 134 valence electrons. The molecule has 4 N–H and O–H groups in total. The van der Waals surface area contributed by atoms with Gasteiger partial charge in [-0.25, -0.2) is 18.4 Å². The number of thioether (sulfide) groups is 1. The maximum atomic E-state index is 12.7. The van der Waals surface area contributed by atoms with Crippen LogP contribution in [0.2, 0.25) is 0 Å². The van der Waals surface area contributed by atoms with Crippen molar-refractivity contribution in [2.75, 3.05) is 31.1 Å². The maximum Gasteiger partial charge on any atom is 0.243 e. The highest BCUT2D eigenvalue weighted by atomic mass is 32.2. The number of nitrogens with two attached hydrogens (primary N) is 2. The first-order valence-electron chi connectivity index (χ1n) is 7.98. The molecule has 0 saturated carbocycles. The van der Waals surface area contributed by atoms with Crippen LogP contribution in [0.15, 0.2) is 41.6 Å². The first kappa shape index (κ1) is 18.3. The fourth-order valence-corrected chi connectivity index (χ4v) is 5.16. The average Bonchev–Trinajstić information content (AvgIpc) is 2.68. The zero-order valence-corrected chi connectivity index (χ0v) is 15.3. The molecule has 1 fully saturated rings. The Balaban J connectivity index is 1.85. The van der Waals surface area contributed by atoms with E-state index in [-0.39, 0.29) is 6.04 Å². The van der Waals surface area contributed by atoms with Crippen LogP contribution in [0.25, 0.3) is 11.3 Å². The summed E-state index contributed by atoms with van der Waals surface area (Å²) in [6, 6.07) is 8.19. The van der Waals surface area contributed by atoms with Gasteiger partial charge in [0.25, 0.3) is 0 Å². The van der Waals surface area contributed by atoms with Gasteiger partial charge in [0.2, 0.25) is 10.0 Å². The second-order valence-corrected chi connectivity index (χ2v) is 8.87. The first-order chi connectivity index (χ1) is 12.0. The summed E-state index contributed by atoms with van der Waals surface area (Å²) in [6.07, 6.45) is 1.44. The second-order valence-electron chi connectivity index (χ2n) is 5.71. The normalized spacial score (nSPS) is 17.4. The van der Waals surface area contributed by atoms with Crippen molar-refractivity contribution in [1.82, 2.24) is 14.3 Å². The monoisotopic (exact) mass is 379 g/mol. The van der Waals surface area contributed by atoms with Crippen LogP contribution in [-0.4, -0.2) is 53.8 Å². The van der Waals surface area contributed by atoms with E-state index in [1.165, 1.54) is 6.33 Å². The molecule has 7 nitrogen and oxygen atoms in total. The summed E-state index contributed by atoms with van der Waals surface area (Å²) >= 11 is 1.78. The van der Waals surface area contributed by atoms with Crippen LogP contribution in [0.4, 0.5) is 0 Å². The van der Waals surface area contributed by atoms with Gasteiger partial charge >= 0.3 is 0 Å². The molecule has 0 amide bonds. The molecule has 1 atom stereocenters. The van der Waals surface area contributed by atoms with Gasteiger partial charge in [0.15, 0.2) is 0 Å². The van der Waals surface area contributed by atoms with Crippen LogP contribution in [-0.2, 0) is 10.0 Å². The minimum absolute atomic E-state index is 0.293. The van der Waals surface area contributed by atoms with Gasteiger partial charge in [0, 0.05) is 36.7 Å². The first-order valence-corrected chi connectivity index (χ1v) is 10.6. The van der Waals surface area contributed by atoms with Gasteiger partial charge in [0.1, 0.15) is 6.33 Å². The Labute approximate surface area is 151 Å². The van der Waals surface area contributed by atoms with E-state index in [1.807, 2.05) is 0 Å². The molecule has 3 rings (SSSR count). The van der Waals surface area contributed by atoms with Crippen LogP contribution in [0.5, 0.6) is 0 Å². The van der Waals surface area contributed by atoms with Crippen LogP contribution in [0, 0.1) is 0 Å². The summed E-state index contributed by atoms with van der Waals surface area (Å²) in [6.45, 7) is 1.41. The van der Waals surface area contributed by atoms with E-state index >= 15 is 0 Å². The Bertz CT molecular complexity index is 821. The molecule has 1 aromatic heterocycles. The standard InChI is InChI=1S/C16H21N5O2S2/c17-10-14(18)16-9-15(19-11-20-16)12-1-3-13(4-2-12)25(22,23)21-5-7-24-8-6-21/h1-4,9,11,14H,5-8,10,17-18H2. The lowest BCUT2D eigenvalue weighted by molar-refractivity contribution is 0.443. The molecular weight excluding hydrogens is 358 g/mol. The summed E-state index contributed by atoms with van der Waals surface area (Å²) < 4.78 is 26.9. The topological polar surface area (TPSA) is 115 Å². The smallest absolute Gasteiger partial charge is 0.243 e. The molecular formula is C16H21N5O2S2. The third-order valence-electron chi connectivity index (χ3n) is 4.08. The van der Waals surface area contributed by atoms with Gasteiger partial charge in [-0.2, -0.15) is 16.1 Å². The molecule has 0 bridgehead atoms. The fraction of sp³-hybridized carbons (Fsp3) is 0.375. The van der Waals surface area contributed by atoms with E-state index in [0.717, 1.165) is 17.1 Å². The van der Waals surface area contributed by atoms with Crippen LogP contribution in [0.3, 0.4) is 0 Å². The summed E-state index contributed by atoms with van der Waals surface area (Å²) in [7, 11) is -3.44. The molecule has 0 radical (unpaired) electrons. The van der Waals surface area contributed by atoms with Gasteiger partial charge in [-0.05, 0) is 18.2 Å². The van der Waals surface area contributed by atoms with Gasteiger partial charge < -0.3 is 11.5 Å². The third-order valence-corrected chi connectivity index (χ3v) is 6.94. The van der Waals surface area contributed by atoms with Crippen molar-refractivity contribution in [2.24, 2.45) is 11.5 Å². The van der Waals surface area contributed by atoms with Crippen molar-refractivity contribution in [3.63, 3.8) is 0 Å². The number of rotatable bonds is 5. The number of nitrogens with zero attached hydrogens (tertiary/aromatic N) is 3. The summed E-state index contributed by atoms with van der Waals surface area (Å²) in [4.78, 5) is 8.67. The quantitative estimate of drug-likeness (QED) is 0.791. The molecule has 0 aliphatic carbocycles. The average molecular weight is 380 g/mol. The van der Waals surface area contributed by atoms with Crippen molar-refractivity contribution in [3.05, 3.63) is 42.4 Å². The van der Waals surface area contributed by atoms with Gasteiger partial charge in [0.05, 0.1) is 22.3 Å². The predicted molar refractivity (Wildman–Crippen MR) is 99.5 cm³/mol. The van der Waals surface area contributed by atoms with Gasteiger partial charge in [-0.15, -0.1) is 0 Å². The van der Waals surface area contributed by atoms with Crippen LogP contribution < -0.4 is 11.5 Å². The van der Waals surface area contributed by atoms with Crippen molar-refractivity contribution in [1.29, 1.82) is 0 Å². The van der Waals surface area contributed by atoms with Crippen LogP contribution in [0.1, 0.15) is 11.7 Å². The Morgan fingerprint density at radius 1 is 1.16 bits per heavy atom. The number of benzene rings is 1. The number of hydrogen-bond acceptors (Lipinski definition) is 7. The second kappa shape index (κ2) is 7.79. The zero-order chi connectivity index (χ0) is 17.9. The molecule has 25 heavy (non-hydrogen) atoms. The van der Waals surface area contributed by atoms with Crippen molar-refractivity contribution >= 4 is 21.8 Å². The van der Waals surface area contributed by atoms with E-state index in [1.54, 1.807) is 46.4 Å². The summed E-state index contributed by atoms with van der Waals surface area (Å²) in [5.74, 6) is 1.67. The van der Waals surface area contributed by atoms with E-state index in [9.17, 15) is 8.42 Å². The van der Waals surface area contributed by atoms with Crippen molar-refractivity contribution in [2.45, 2.75) is 10.9 Å². The fourth-order valence-electron chi connectivity index (χ4n) is 2.59. The Kier molecular flexibility index (Phi) is 5.70. The van der Waals surface area contributed by atoms with Crippen LogP contribution >= 0.6 is 11.8 Å². The van der Waals surface area contributed by atoms with Crippen molar-refractivity contribution < 1.29 is 8.42 Å². The Morgan fingerprint density at radius 2 is 1.84 bits per heavy atom. The van der Waals surface area contributed by atoms with E-state index in [4.69, 9.17) is 11.5 Å². The van der Waals surface area contributed by atoms with E-state index < -0.39 is 10.0 Å². The molecule has 2 heterocycles. The minimum atomic E-state index is -3.44. The molecule has 1 saturated heterocycles. The molecule has 1 aliphatic rings. The lowest BCUT2D eigenvalue weighted by Gasteiger charge is -2.25. The molecule has 9 heteroatoms. The molecule has 1 aliphatic heterocycles. The lowest BCUT2D eigenvalue weighted by atomic mass is 10.1. The Morgan fingerprint density at radius 3 is 2.48 bits per heavy atom. The zero-order valence-electron chi connectivity index (χ0n) is 13.7. The summed E-state index contributed by atoms with van der Waals surface area (Å²) in [5, 5.41) is 0. The molecule has 0 spiro atoms. The van der Waals surface area contributed by atoms with Gasteiger partial charge in [-0.1, -0.05) is 12.1 Å². The molecule has 1 aromatic carbocycles. The maximum absolute atomic E-state index is 12.7. The van der Waals surface area contributed by atoms with Gasteiger partial charge in [-0.3, -0.25) is 0 Å². The van der Waals surface area contributed by atoms with E-state index in [0.29, 0.717) is 35.9 Å². The molecule has 2 aromatic rings. The highest BCUT2D eigenvalue weighted by Gasteiger charge is 2.26. The lowest BCUT2D eigenvalue weighted by Crippen LogP contribution is -2.37. The number of hydrogen-bond donors (Lipinski definition) is 2. The predicted octanol–water partition coefficient (Wildman–Crippen LogP) is 0.840. The summed E-state index contributed by atoms with van der Waals surface area (Å²) in [5.41, 5.74) is 13.6. The number of aromatic nitrogens is 2. The SMILES string of the molecule is NCC(N)c1cc(-c2ccc(S(=O)(=O)N3CCSCC3)cc2)ncn1. The third kappa shape index (κ3) is 4.01. The Hall–Kier alpha value is -1.52. The minimum Gasteiger partial charge on any atom is -0.329 e. The highest BCUT2D eigenvalue weighted by molar-refractivity contribution is 7.99. The number of sulfonamides is 1. The largest absolute Gasteiger partial charge is 0.329 e. The highest BCUT2D eigenvalue weighted by Crippen LogP contribution is 2.24. The van der Waals surface area contributed by atoms with E-state index in [2.05, 4.69) is 9.97 Å². The molecule has 1 unspecified atom stereocenters.